The third-order valence-corrected chi connectivity index (χ3v) is 6.18. The fraction of sp³-hybridized carbons (Fsp3) is 0.542. The Bertz CT molecular complexity index is 933. The van der Waals surface area contributed by atoms with E-state index in [9.17, 15) is 14.4 Å². The van der Waals surface area contributed by atoms with Gasteiger partial charge in [0.15, 0.2) is 0 Å². The van der Waals surface area contributed by atoms with Crippen molar-refractivity contribution in [2.75, 3.05) is 60.6 Å². The molecule has 0 bridgehead atoms. The molecule has 10 heteroatoms. The highest BCUT2D eigenvalue weighted by molar-refractivity contribution is 5.95. The minimum absolute atomic E-state index is 0.132. The first-order valence-electron chi connectivity index (χ1n) is 11.5. The maximum absolute atomic E-state index is 13.2. The quantitative estimate of drug-likeness (QED) is 0.573. The molecule has 1 aromatic carbocycles. The fourth-order valence-corrected chi connectivity index (χ4v) is 4.23. The normalized spacial score (nSPS) is 19.1. The molecular weight excluding hydrogens is 440 g/mol. The maximum atomic E-state index is 13.2. The number of hydrogen-bond acceptors (Lipinski definition) is 7. The summed E-state index contributed by atoms with van der Waals surface area (Å²) in [4.78, 5) is 43.6. The second kappa shape index (κ2) is 11.2. The molecule has 0 saturated carbocycles. The standard InChI is InChI=1S/C24H34N4O6/c1-6-20(29)28-10-8-27(9-11-28)15-19-21(23(30)34-7-2)22(25-24(31)26(19)3)16-12-17(32-4)14-18(13-16)33-5/h12-14,22H,6-11,15H2,1-5H3,(H,25,31). The number of hydrogen-bond donors (Lipinski definition) is 1. The van der Waals surface area contributed by atoms with Crippen LogP contribution in [0, 0.1) is 0 Å². The summed E-state index contributed by atoms with van der Waals surface area (Å²) in [5, 5.41) is 2.92. The number of carbonyl (C=O) groups is 3. The van der Waals surface area contributed by atoms with Crippen LogP contribution in [0.15, 0.2) is 29.5 Å². The van der Waals surface area contributed by atoms with Crippen LogP contribution in [0.25, 0.3) is 0 Å². The lowest BCUT2D eigenvalue weighted by Crippen LogP contribution is -2.53. The lowest BCUT2D eigenvalue weighted by molar-refractivity contribution is -0.139. The Balaban J connectivity index is 1.99. The molecule has 2 aliphatic rings. The number of urea groups is 1. The molecule has 3 rings (SSSR count). The van der Waals surface area contributed by atoms with Crippen molar-refractivity contribution < 1.29 is 28.6 Å². The molecule has 1 fully saturated rings. The van der Waals surface area contributed by atoms with Crippen LogP contribution < -0.4 is 14.8 Å². The SMILES string of the molecule is CCOC(=O)C1=C(CN2CCN(C(=O)CC)CC2)N(C)C(=O)NC1c1cc(OC)cc(OC)c1. The fourth-order valence-electron chi connectivity index (χ4n) is 4.23. The Morgan fingerprint density at radius 2 is 1.65 bits per heavy atom. The molecule has 186 valence electrons. The minimum atomic E-state index is -0.732. The molecule has 1 N–H and O–H groups in total. The van der Waals surface area contributed by atoms with Crippen LogP contribution in [-0.2, 0) is 14.3 Å². The molecule has 2 heterocycles. The second-order valence-electron chi connectivity index (χ2n) is 8.18. The molecular formula is C24H34N4O6. The van der Waals surface area contributed by atoms with Crippen molar-refractivity contribution in [3.63, 3.8) is 0 Å². The number of amides is 3. The number of piperazine rings is 1. The number of nitrogens with one attached hydrogen (secondary N) is 1. The van der Waals surface area contributed by atoms with Crippen LogP contribution in [0.5, 0.6) is 11.5 Å². The smallest absolute Gasteiger partial charge is 0.338 e. The molecule has 0 aromatic heterocycles. The summed E-state index contributed by atoms with van der Waals surface area (Å²) in [5.74, 6) is 0.733. The van der Waals surface area contributed by atoms with E-state index in [-0.39, 0.29) is 18.5 Å². The lowest BCUT2D eigenvalue weighted by Gasteiger charge is -2.39. The first-order chi connectivity index (χ1) is 16.3. The number of rotatable bonds is 8. The summed E-state index contributed by atoms with van der Waals surface area (Å²) in [7, 11) is 4.73. The predicted molar refractivity (Wildman–Crippen MR) is 126 cm³/mol. The number of likely N-dealkylation sites (N-methyl/N-ethyl adjacent to an activating group) is 1. The first-order valence-corrected chi connectivity index (χ1v) is 11.5. The van der Waals surface area contributed by atoms with Crippen molar-refractivity contribution in [2.45, 2.75) is 26.3 Å². The van der Waals surface area contributed by atoms with Crippen LogP contribution in [0.4, 0.5) is 4.79 Å². The number of benzene rings is 1. The molecule has 10 nitrogen and oxygen atoms in total. The van der Waals surface area contributed by atoms with Gasteiger partial charge in [-0.15, -0.1) is 0 Å². The highest BCUT2D eigenvalue weighted by atomic mass is 16.5. The Morgan fingerprint density at radius 1 is 1.03 bits per heavy atom. The van der Waals surface area contributed by atoms with Gasteiger partial charge in [-0.2, -0.15) is 0 Å². The van der Waals surface area contributed by atoms with Crippen molar-refractivity contribution >= 4 is 17.9 Å². The van der Waals surface area contributed by atoms with Crippen LogP contribution in [0.1, 0.15) is 31.9 Å². The number of methoxy groups -OCH3 is 2. The molecule has 2 aliphatic heterocycles. The molecule has 1 unspecified atom stereocenters. The molecule has 0 aliphatic carbocycles. The van der Waals surface area contributed by atoms with E-state index in [1.54, 1.807) is 46.4 Å². The lowest BCUT2D eigenvalue weighted by atomic mass is 9.93. The highest BCUT2D eigenvalue weighted by Crippen LogP contribution is 2.35. The Kier molecular flexibility index (Phi) is 8.38. The zero-order chi connectivity index (χ0) is 24.8. The summed E-state index contributed by atoms with van der Waals surface area (Å²) in [6, 6.07) is 4.21. The zero-order valence-corrected chi connectivity index (χ0v) is 20.6. The van der Waals surface area contributed by atoms with Gasteiger partial charge in [-0.05, 0) is 24.6 Å². The third kappa shape index (κ3) is 5.44. The van der Waals surface area contributed by atoms with Crippen LogP contribution in [0.3, 0.4) is 0 Å². The van der Waals surface area contributed by atoms with Crippen molar-refractivity contribution in [1.82, 2.24) is 20.0 Å². The van der Waals surface area contributed by atoms with Gasteiger partial charge in [0.25, 0.3) is 0 Å². The van der Waals surface area contributed by atoms with Gasteiger partial charge >= 0.3 is 12.0 Å². The predicted octanol–water partition coefficient (Wildman–Crippen LogP) is 1.77. The van der Waals surface area contributed by atoms with E-state index in [2.05, 4.69) is 10.2 Å². The largest absolute Gasteiger partial charge is 0.497 e. The summed E-state index contributed by atoms with van der Waals surface area (Å²) in [6.45, 7) is 6.72. The second-order valence-corrected chi connectivity index (χ2v) is 8.18. The van der Waals surface area contributed by atoms with Crippen molar-refractivity contribution in [1.29, 1.82) is 0 Å². The summed E-state index contributed by atoms with van der Waals surface area (Å²) in [6.07, 6.45) is 0.479. The van der Waals surface area contributed by atoms with Gasteiger partial charge in [-0.3, -0.25) is 14.6 Å². The molecule has 3 amide bonds. The van der Waals surface area contributed by atoms with Gasteiger partial charge < -0.3 is 24.4 Å². The monoisotopic (exact) mass is 474 g/mol. The number of ether oxygens (including phenoxy) is 3. The van der Waals surface area contributed by atoms with E-state index in [1.165, 1.54) is 4.90 Å². The van der Waals surface area contributed by atoms with Gasteiger partial charge in [-0.25, -0.2) is 9.59 Å². The molecule has 0 radical (unpaired) electrons. The number of nitrogens with zero attached hydrogens (tertiary/aromatic N) is 3. The topological polar surface area (TPSA) is 101 Å². The highest BCUT2D eigenvalue weighted by Gasteiger charge is 2.38. The summed E-state index contributed by atoms with van der Waals surface area (Å²) < 4.78 is 16.2. The average Bonchev–Trinajstić information content (AvgIpc) is 2.86. The molecule has 1 atom stereocenters. The van der Waals surface area contributed by atoms with E-state index in [0.29, 0.717) is 67.5 Å². The van der Waals surface area contributed by atoms with Crippen LogP contribution in [-0.4, -0.2) is 93.2 Å². The van der Waals surface area contributed by atoms with Gasteiger partial charge in [-0.1, -0.05) is 6.92 Å². The van der Waals surface area contributed by atoms with Crippen molar-refractivity contribution in [3.8, 4) is 11.5 Å². The van der Waals surface area contributed by atoms with E-state index >= 15 is 0 Å². The first kappa shape index (κ1) is 25.4. The van der Waals surface area contributed by atoms with Gasteiger partial charge in [0.1, 0.15) is 11.5 Å². The van der Waals surface area contributed by atoms with Crippen LogP contribution in [0.2, 0.25) is 0 Å². The Labute approximate surface area is 200 Å². The van der Waals surface area contributed by atoms with Crippen molar-refractivity contribution in [3.05, 3.63) is 35.0 Å². The van der Waals surface area contributed by atoms with E-state index in [1.807, 2.05) is 11.8 Å². The molecule has 1 aromatic rings. The van der Waals surface area contributed by atoms with Gasteiger partial charge in [0.05, 0.1) is 32.4 Å². The maximum Gasteiger partial charge on any atom is 0.338 e. The third-order valence-electron chi connectivity index (χ3n) is 6.18. The molecule has 34 heavy (non-hydrogen) atoms. The molecule has 1 saturated heterocycles. The summed E-state index contributed by atoms with van der Waals surface area (Å²) in [5.41, 5.74) is 1.59. The Morgan fingerprint density at radius 3 is 2.18 bits per heavy atom. The van der Waals surface area contributed by atoms with E-state index in [4.69, 9.17) is 14.2 Å². The number of esters is 1. The number of carbonyl (C=O) groups excluding carboxylic acids is 3. The minimum Gasteiger partial charge on any atom is -0.497 e. The average molecular weight is 475 g/mol. The van der Waals surface area contributed by atoms with E-state index < -0.39 is 12.0 Å². The summed E-state index contributed by atoms with van der Waals surface area (Å²) >= 11 is 0. The molecule has 0 spiro atoms. The Hall–Kier alpha value is -3.27. The van der Waals surface area contributed by atoms with Crippen LogP contribution >= 0.6 is 0 Å². The van der Waals surface area contributed by atoms with Crippen molar-refractivity contribution in [2.24, 2.45) is 0 Å². The zero-order valence-electron chi connectivity index (χ0n) is 20.6. The van der Waals surface area contributed by atoms with Gasteiger partial charge in [0, 0.05) is 58.0 Å². The van der Waals surface area contributed by atoms with E-state index in [0.717, 1.165) is 0 Å². The van der Waals surface area contributed by atoms with Gasteiger partial charge in [0.2, 0.25) is 5.91 Å².